The van der Waals surface area contributed by atoms with Gasteiger partial charge in [0.05, 0.1) is 6.61 Å². The predicted molar refractivity (Wildman–Crippen MR) is 70.4 cm³/mol. The summed E-state index contributed by atoms with van der Waals surface area (Å²) in [6, 6.07) is 2.35. The number of rotatable bonds is 8. The van der Waals surface area contributed by atoms with Crippen LogP contribution in [-0.4, -0.2) is 22.6 Å². The molecule has 0 spiro atoms. The quantitative estimate of drug-likeness (QED) is 0.754. The summed E-state index contributed by atoms with van der Waals surface area (Å²) in [4.78, 5) is 8.30. The van der Waals surface area contributed by atoms with Crippen molar-refractivity contribution in [3.8, 4) is 5.88 Å². The van der Waals surface area contributed by atoms with Crippen LogP contribution in [0.5, 0.6) is 5.88 Å². The fraction of sp³-hybridized carbons (Fsp3) is 0.692. The summed E-state index contributed by atoms with van der Waals surface area (Å²) in [5.74, 6) is 1.50. The van der Waals surface area contributed by atoms with Gasteiger partial charge in [0.25, 0.3) is 0 Å². The van der Waals surface area contributed by atoms with Gasteiger partial charge in [-0.3, -0.25) is 0 Å². The van der Waals surface area contributed by atoms with Crippen molar-refractivity contribution in [1.29, 1.82) is 0 Å². The van der Waals surface area contributed by atoms with E-state index in [9.17, 15) is 0 Å². The summed E-state index contributed by atoms with van der Waals surface area (Å²) in [6.45, 7) is 7.15. The van der Waals surface area contributed by atoms with Crippen LogP contribution in [0.2, 0.25) is 0 Å². The molecule has 1 atom stereocenters. The summed E-state index contributed by atoms with van der Waals surface area (Å²) in [7, 11) is 0. The molecule has 1 rings (SSSR count). The molecule has 0 aliphatic rings. The molecule has 4 nitrogen and oxygen atoms in total. The van der Waals surface area contributed by atoms with Crippen LogP contribution in [0.15, 0.2) is 12.4 Å². The highest BCUT2D eigenvalue weighted by atomic mass is 16.5. The Morgan fingerprint density at radius 3 is 2.71 bits per heavy atom. The van der Waals surface area contributed by atoms with Crippen molar-refractivity contribution >= 4 is 5.82 Å². The molecule has 1 aromatic rings. The van der Waals surface area contributed by atoms with E-state index in [-0.39, 0.29) is 0 Å². The highest BCUT2D eigenvalue weighted by Gasteiger charge is 2.06. The van der Waals surface area contributed by atoms with Crippen molar-refractivity contribution in [1.82, 2.24) is 9.97 Å². The maximum atomic E-state index is 5.48. The third-order valence-electron chi connectivity index (χ3n) is 2.58. The van der Waals surface area contributed by atoms with Gasteiger partial charge in [0.1, 0.15) is 12.1 Å². The van der Waals surface area contributed by atoms with Crippen LogP contribution in [0, 0.1) is 0 Å². The number of nitrogens with one attached hydrogen (secondary N) is 1. The van der Waals surface area contributed by atoms with Gasteiger partial charge in [0.15, 0.2) is 0 Å². The highest BCUT2D eigenvalue weighted by molar-refractivity contribution is 5.38. The zero-order chi connectivity index (χ0) is 12.5. The Bertz CT molecular complexity index is 317. The first-order chi connectivity index (χ1) is 8.30. The van der Waals surface area contributed by atoms with Crippen molar-refractivity contribution in [3.63, 3.8) is 0 Å². The minimum atomic E-state index is 0.480. The molecule has 0 saturated heterocycles. The molecule has 0 aliphatic heterocycles. The number of aromatic nitrogens is 2. The Hall–Kier alpha value is -1.32. The molecular weight excluding hydrogens is 214 g/mol. The van der Waals surface area contributed by atoms with E-state index in [1.807, 2.05) is 6.07 Å². The maximum absolute atomic E-state index is 5.48. The Balaban J connectivity index is 2.57. The molecule has 1 N–H and O–H groups in total. The van der Waals surface area contributed by atoms with Crippen molar-refractivity contribution in [2.75, 3.05) is 11.9 Å². The van der Waals surface area contributed by atoms with E-state index in [0.29, 0.717) is 18.5 Å². The highest BCUT2D eigenvalue weighted by Crippen LogP contribution is 2.14. The van der Waals surface area contributed by atoms with Gasteiger partial charge in [-0.1, -0.05) is 27.2 Å². The summed E-state index contributed by atoms with van der Waals surface area (Å²) in [5, 5.41) is 3.42. The van der Waals surface area contributed by atoms with Crippen LogP contribution in [0.4, 0.5) is 5.82 Å². The van der Waals surface area contributed by atoms with Crippen LogP contribution in [0.1, 0.15) is 46.5 Å². The van der Waals surface area contributed by atoms with Gasteiger partial charge < -0.3 is 10.1 Å². The lowest BCUT2D eigenvalue weighted by Gasteiger charge is -2.16. The van der Waals surface area contributed by atoms with Gasteiger partial charge >= 0.3 is 0 Å². The van der Waals surface area contributed by atoms with Crippen molar-refractivity contribution in [3.05, 3.63) is 12.4 Å². The van der Waals surface area contributed by atoms with Crippen LogP contribution in [0.3, 0.4) is 0 Å². The first-order valence-corrected chi connectivity index (χ1v) is 6.51. The fourth-order valence-electron chi connectivity index (χ4n) is 1.64. The molecule has 0 amide bonds. The Labute approximate surface area is 104 Å². The van der Waals surface area contributed by atoms with Crippen LogP contribution in [0.25, 0.3) is 0 Å². The van der Waals surface area contributed by atoms with Gasteiger partial charge in [-0.15, -0.1) is 0 Å². The number of nitrogens with zero attached hydrogens (tertiary/aromatic N) is 2. The normalized spacial score (nSPS) is 12.2. The smallest absolute Gasteiger partial charge is 0.218 e. The van der Waals surface area contributed by atoms with E-state index in [0.717, 1.165) is 25.1 Å². The minimum absolute atomic E-state index is 0.480. The molecule has 1 heterocycles. The van der Waals surface area contributed by atoms with Gasteiger partial charge in [0, 0.05) is 12.1 Å². The Morgan fingerprint density at radius 1 is 1.24 bits per heavy atom. The lowest BCUT2D eigenvalue weighted by Crippen LogP contribution is -2.18. The molecule has 0 aromatic carbocycles. The van der Waals surface area contributed by atoms with E-state index in [2.05, 4.69) is 36.1 Å². The zero-order valence-electron chi connectivity index (χ0n) is 11.1. The molecule has 1 unspecified atom stereocenters. The molecular formula is C13H23N3O. The summed E-state index contributed by atoms with van der Waals surface area (Å²) in [5.41, 5.74) is 0. The van der Waals surface area contributed by atoms with E-state index < -0.39 is 0 Å². The van der Waals surface area contributed by atoms with Crippen molar-refractivity contribution < 1.29 is 4.74 Å². The van der Waals surface area contributed by atoms with Gasteiger partial charge in [-0.2, -0.15) is 0 Å². The average molecular weight is 237 g/mol. The van der Waals surface area contributed by atoms with Crippen molar-refractivity contribution in [2.45, 2.75) is 52.5 Å². The Morgan fingerprint density at radius 2 is 2.06 bits per heavy atom. The van der Waals surface area contributed by atoms with Gasteiger partial charge in [-0.25, -0.2) is 9.97 Å². The van der Waals surface area contributed by atoms with Crippen LogP contribution < -0.4 is 10.1 Å². The first kappa shape index (κ1) is 13.7. The SMILES string of the molecule is CCCOc1cc(NC(CC)CCC)ncn1. The molecule has 96 valence electrons. The summed E-state index contributed by atoms with van der Waals surface area (Å²) >= 11 is 0. The second-order valence-electron chi connectivity index (χ2n) is 4.13. The van der Waals surface area contributed by atoms with Crippen molar-refractivity contribution in [2.24, 2.45) is 0 Å². The van der Waals surface area contributed by atoms with E-state index in [1.165, 1.54) is 6.42 Å². The molecule has 1 aromatic heterocycles. The summed E-state index contributed by atoms with van der Waals surface area (Å²) in [6.07, 6.45) is 5.97. The second kappa shape index (κ2) is 7.87. The number of hydrogen-bond donors (Lipinski definition) is 1. The third-order valence-corrected chi connectivity index (χ3v) is 2.58. The van der Waals surface area contributed by atoms with Gasteiger partial charge in [0.2, 0.25) is 5.88 Å². The Kier molecular flexibility index (Phi) is 6.37. The summed E-state index contributed by atoms with van der Waals surface area (Å²) < 4.78 is 5.48. The standard InChI is InChI=1S/C13H23N3O/c1-4-7-11(6-3)16-12-9-13(15-10-14-12)17-8-5-2/h9-11H,4-8H2,1-3H3,(H,14,15,16). The zero-order valence-corrected chi connectivity index (χ0v) is 11.1. The largest absolute Gasteiger partial charge is 0.478 e. The number of hydrogen-bond acceptors (Lipinski definition) is 4. The molecule has 0 fully saturated rings. The maximum Gasteiger partial charge on any atom is 0.218 e. The monoisotopic (exact) mass is 237 g/mol. The topological polar surface area (TPSA) is 47.0 Å². The van der Waals surface area contributed by atoms with Crippen LogP contribution in [-0.2, 0) is 0 Å². The molecule has 17 heavy (non-hydrogen) atoms. The fourth-order valence-corrected chi connectivity index (χ4v) is 1.64. The minimum Gasteiger partial charge on any atom is -0.478 e. The molecule has 0 bridgehead atoms. The first-order valence-electron chi connectivity index (χ1n) is 6.51. The van der Waals surface area contributed by atoms with E-state index in [1.54, 1.807) is 6.33 Å². The van der Waals surface area contributed by atoms with E-state index in [4.69, 9.17) is 4.74 Å². The van der Waals surface area contributed by atoms with Crippen LogP contribution >= 0.6 is 0 Å². The molecule has 4 heteroatoms. The van der Waals surface area contributed by atoms with Gasteiger partial charge in [-0.05, 0) is 19.3 Å². The second-order valence-corrected chi connectivity index (χ2v) is 4.13. The lowest BCUT2D eigenvalue weighted by molar-refractivity contribution is 0.305. The average Bonchev–Trinajstić information content (AvgIpc) is 2.36. The number of anilines is 1. The molecule has 0 aliphatic carbocycles. The van der Waals surface area contributed by atoms with E-state index >= 15 is 0 Å². The predicted octanol–water partition coefficient (Wildman–Crippen LogP) is 3.26. The molecule has 0 radical (unpaired) electrons. The third kappa shape index (κ3) is 5.02. The lowest BCUT2D eigenvalue weighted by atomic mass is 10.1. The number of ether oxygens (including phenoxy) is 1. The molecule has 0 saturated carbocycles.